The number of hydrogen-bond acceptors (Lipinski definition) is 2. The van der Waals surface area contributed by atoms with Crippen molar-refractivity contribution < 1.29 is 8.78 Å². The Kier molecular flexibility index (Phi) is 10.8. The van der Waals surface area contributed by atoms with Crippen LogP contribution in [0.2, 0.25) is 0 Å². The van der Waals surface area contributed by atoms with E-state index in [1.54, 1.807) is 23.8 Å². The predicted octanol–water partition coefficient (Wildman–Crippen LogP) is 7.76. The maximum absolute atomic E-state index is 13.0. The van der Waals surface area contributed by atoms with Crippen LogP contribution in [-0.4, -0.2) is 13.3 Å². The van der Waals surface area contributed by atoms with Crippen molar-refractivity contribution in [3.63, 3.8) is 0 Å². The molecule has 2 aromatic carbocycles. The molecule has 0 saturated heterocycles. The summed E-state index contributed by atoms with van der Waals surface area (Å²) in [5.74, 6) is -0.361. The zero-order valence-electron chi connectivity index (χ0n) is 21.4. The summed E-state index contributed by atoms with van der Waals surface area (Å²) in [5, 5.41) is 0. The van der Waals surface area contributed by atoms with Crippen molar-refractivity contribution in [3.05, 3.63) is 93.6 Å². The van der Waals surface area contributed by atoms with Crippen LogP contribution in [0.3, 0.4) is 0 Å². The first-order valence-electron chi connectivity index (χ1n) is 12.5. The van der Waals surface area contributed by atoms with Crippen molar-refractivity contribution in [2.75, 3.05) is 7.05 Å². The van der Waals surface area contributed by atoms with Gasteiger partial charge in [0.1, 0.15) is 11.6 Å². The van der Waals surface area contributed by atoms with Crippen LogP contribution in [0, 0.1) is 17.0 Å². The van der Waals surface area contributed by atoms with E-state index in [4.69, 9.17) is 5.73 Å². The molecule has 1 unspecified atom stereocenters. The van der Waals surface area contributed by atoms with E-state index in [9.17, 15) is 8.78 Å². The Labute approximate surface area is 204 Å². The predicted molar refractivity (Wildman–Crippen MR) is 141 cm³/mol. The molecule has 2 N–H and O–H groups in total. The summed E-state index contributed by atoms with van der Waals surface area (Å²) in [6.45, 7) is 8.66. The number of nitrogens with zero attached hydrogens (tertiary/aromatic N) is 1. The van der Waals surface area contributed by atoms with Gasteiger partial charge in [0.2, 0.25) is 0 Å². The minimum absolute atomic E-state index is 0.173. The van der Waals surface area contributed by atoms with Crippen LogP contribution in [-0.2, 0) is 19.4 Å². The monoisotopic (exact) mass is 466 g/mol. The molecule has 1 saturated carbocycles. The molecule has 1 fully saturated rings. The third kappa shape index (κ3) is 6.96. The standard InChI is InChI=1S/C19H22FN.C9H12FN.C2H6/c1-19-9-3-4-17(19)11-15(16(12-19)13-21-2)10-14-5-7-18(20)8-6-14;1-2-7-4-3-5-9(10)8(7)6-11;1-2/h5-8,11,13H,3-4,9-10,12H2,1-2H3;3-5H,2,6,11H2,1H3;1-2H3. The maximum atomic E-state index is 13.0. The van der Waals surface area contributed by atoms with Crippen LogP contribution in [0.15, 0.2) is 70.3 Å². The largest absolute Gasteiger partial charge is 0.326 e. The topological polar surface area (TPSA) is 38.4 Å². The number of benzene rings is 2. The van der Waals surface area contributed by atoms with Crippen LogP contribution < -0.4 is 5.73 Å². The van der Waals surface area contributed by atoms with E-state index in [0.717, 1.165) is 30.4 Å². The van der Waals surface area contributed by atoms with Gasteiger partial charge in [-0.25, -0.2) is 8.78 Å². The van der Waals surface area contributed by atoms with Gasteiger partial charge in [-0.05, 0) is 84.4 Å². The molecule has 34 heavy (non-hydrogen) atoms. The van der Waals surface area contributed by atoms with E-state index in [1.807, 2.05) is 52.2 Å². The summed E-state index contributed by atoms with van der Waals surface area (Å²) in [5.41, 5.74) is 12.8. The normalized spacial score (nSPS) is 19.1. The molecule has 4 heteroatoms. The molecule has 2 nitrogen and oxygen atoms in total. The second-order valence-corrected chi connectivity index (χ2v) is 8.94. The Morgan fingerprint density at radius 1 is 1.09 bits per heavy atom. The molecule has 0 heterocycles. The highest BCUT2D eigenvalue weighted by molar-refractivity contribution is 5.81. The maximum Gasteiger partial charge on any atom is 0.127 e. The fraction of sp³-hybridized carbons (Fsp3) is 0.433. The molecule has 2 aliphatic rings. The molecule has 1 atom stereocenters. The summed E-state index contributed by atoms with van der Waals surface area (Å²) in [7, 11) is 1.83. The van der Waals surface area contributed by atoms with E-state index in [-0.39, 0.29) is 18.2 Å². The molecule has 0 bridgehead atoms. The van der Waals surface area contributed by atoms with E-state index >= 15 is 0 Å². The molecule has 184 valence electrons. The van der Waals surface area contributed by atoms with Crippen LogP contribution >= 0.6 is 0 Å². The highest BCUT2D eigenvalue weighted by Gasteiger charge is 2.37. The second-order valence-electron chi connectivity index (χ2n) is 8.94. The third-order valence-electron chi connectivity index (χ3n) is 6.69. The average Bonchev–Trinajstić information content (AvgIpc) is 3.22. The molecule has 0 aromatic heterocycles. The van der Waals surface area contributed by atoms with E-state index in [0.29, 0.717) is 11.0 Å². The molecular weight excluding hydrogens is 426 g/mol. The lowest BCUT2D eigenvalue weighted by Gasteiger charge is -2.32. The van der Waals surface area contributed by atoms with Crippen molar-refractivity contribution in [2.45, 2.75) is 72.8 Å². The van der Waals surface area contributed by atoms with Gasteiger partial charge in [0.15, 0.2) is 0 Å². The number of aryl methyl sites for hydroxylation is 1. The Morgan fingerprint density at radius 2 is 1.79 bits per heavy atom. The summed E-state index contributed by atoms with van der Waals surface area (Å²) in [6, 6.07) is 11.9. The van der Waals surface area contributed by atoms with Crippen molar-refractivity contribution >= 4 is 6.21 Å². The Morgan fingerprint density at radius 3 is 2.38 bits per heavy atom. The van der Waals surface area contributed by atoms with Crippen LogP contribution in [0.1, 0.15) is 70.1 Å². The molecule has 2 aliphatic carbocycles. The zero-order valence-corrected chi connectivity index (χ0v) is 21.4. The fourth-order valence-electron chi connectivity index (χ4n) is 4.85. The highest BCUT2D eigenvalue weighted by Crippen LogP contribution is 2.50. The highest BCUT2D eigenvalue weighted by atomic mass is 19.1. The lowest BCUT2D eigenvalue weighted by Crippen LogP contribution is -2.20. The van der Waals surface area contributed by atoms with Crippen molar-refractivity contribution in [3.8, 4) is 0 Å². The van der Waals surface area contributed by atoms with Crippen LogP contribution in [0.5, 0.6) is 0 Å². The first-order chi connectivity index (χ1) is 16.4. The van der Waals surface area contributed by atoms with Gasteiger partial charge in [0.05, 0.1) is 0 Å². The Hall–Kier alpha value is -2.59. The number of allylic oxidation sites excluding steroid dienone is 4. The molecule has 2 aromatic rings. The number of aliphatic imine (C=N–C) groups is 1. The summed E-state index contributed by atoms with van der Waals surface area (Å²) in [4.78, 5) is 4.24. The Balaban J connectivity index is 0.000000266. The van der Waals surface area contributed by atoms with Gasteiger partial charge in [-0.3, -0.25) is 4.99 Å². The summed E-state index contributed by atoms with van der Waals surface area (Å²) < 4.78 is 26.0. The smallest absolute Gasteiger partial charge is 0.127 e. The molecule has 0 radical (unpaired) electrons. The number of hydrogen-bond donors (Lipinski definition) is 1. The number of rotatable bonds is 5. The first-order valence-corrected chi connectivity index (χ1v) is 12.5. The van der Waals surface area contributed by atoms with Crippen molar-refractivity contribution in [1.82, 2.24) is 0 Å². The quantitative estimate of drug-likeness (QED) is 0.449. The third-order valence-corrected chi connectivity index (χ3v) is 6.69. The number of halogens is 2. The average molecular weight is 467 g/mol. The van der Waals surface area contributed by atoms with Crippen molar-refractivity contribution in [1.29, 1.82) is 0 Å². The number of fused-ring (bicyclic) bond motifs is 1. The molecule has 0 amide bonds. The van der Waals surface area contributed by atoms with Gasteiger partial charge < -0.3 is 5.73 Å². The minimum Gasteiger partial charge on any atom is -0.326 e. The van der Waals surface area contributed by atoms with Crippen molar-refractivity contribution in [2.24, 2.45) is 16.1 Å². The lowest BCUT2D eigenvalue weighted by molar-refractivity contribution is 0.405. The number of nitrogens with two attached hydrogens (primary N) is 1. The van der Waals surface area contributed by atoms with Gasteiger partial charge in [-0.2, -0.15) is 0 Å². The lowest BCUT2D eigenvalue weighted by atomic mass is 9.73. The van der Waals surface area contributed by atoms with E-state index in [2.05, 4.69) is 18.0 Å². The minimum atomic E-state index is -0.188. The Bertz CT molecular complexity index is 1020. The second kappa shape index (κ2) is 13.3. The SMILES string of the molecule is CC.CCc1cccc(F)c1CN.CN=CC1=C(Cc2ccc(F)cc2)C=C2CCCC2(C)C1. The van der Waals surface area contributed by atoms with Gasteiger partial charge in [-0.15, -0.1) is 0 Å². The fourth-order valence-corrected chi connectivity index (χ4v) is 4.85. The van der Waals surface area contributed by atoms with Gasteiger partial charge in [0.25, 0.3) is 0 Å². The molecular formula is C30H40F2N2. The van der Waals surface area contributed by atoms with Gasteiger partial charge in [-0.1, -0.05) is 63.6 Å². The van der Waals surface area contributed by atoms with E-state index < -0.39 is 0 Å². The van der Waals surface area contributed by atoms with Gasteiger partial charge >= 0.3 is 0 Å². The summed E-state index contributed by atoms with van der Waals surface area (Å²) in [6.07, 6.45) is 11.0. The zero-order chi connectivity index (χ0) is 25.1. The molecule has 0 aliphatic heterocycles. The van der Waals surface area contributed by atoms with Crippen LogP contribution in [0.4, 0.5) is 8.78 Å². The molecule has 0 spiro atoms. The molecule has 4 rings (SSSR count). The summed E-state index contributed by atoms with van der Waals surface area (Å²) >= 11 is 0. The van der Waals surface area contributed by atoms with E-state index in [1.165, 1.54) is 36.5 Å². The van der Waals surface area contributed by atoms with Crippen LogP contribution in [0.25, 0.3) is 0 Å². The van der Waals surface area contributed by atoms with Gasteiger partial charge in [0, 0.05) is 25.4 Å². The first kappa shape index (κ1) is 27.7.